The summed E-state index contributed by atoms with van der Waals surface area (Å²) in [6.07, 6.45) is 1.38. The fourth-order valence-corrected chi connectivity index (χ4v) is 2.86. The summed E-state index contributed by atoms with van der Waals surface area (Å²) in [5.74, 6) is -1.00. The summed E-state index contributed by atoms with van der Waals surface area (Å²) in [5.41, 5.74) is 1.20. The monoisotopic (exact) mass is 282 g/mol. The van der Waals surface area contributed by atoms with Crippen LogP contribution in [-0.4, -0.2) is 11.1 Å². The predicted octanol–water partition coefficient (Wildman–Crippen LogP) is 3.57. The lowest BCUT2D eigenvalue weighted by atomic mass is 9.62. The molecule has 0 spiro atoms. The van der Waals surface area contributed by atoms with Gasteiger partial charge in [-0.2, -0.15) is 5.26 Å². The maximum Gasteiger partial charge on any atom is 0.166 e. The van der Waals surface area contributed by atoms with Gasteiger partial charge >= 0.3 is 0 Å². The van der Waals surface area contributed by atoms with Gasteiger partial charge < -0.3 is 10.4 Å². The van der Waals surface area contributed by atoms with E-state index in [1.807, 2.05) is 30.3 Å². The van der Waals surface area contributed by atoms with Gasteiger partial charge in [0.05, 0.1) is 11.5 Å². The molecule has 2 N–H and O–H groups in total. The van der Waals surface area contributed by atoms with Crippen molar-refractivity contribution in [2.45, 2.75) is 24.3 Å². The highest BCUT2D eigenvalue weighted by atomic mass is 19.1. The van der Waals surface area contributed by atoms with E-state index in [9.17, 15) is 14.8 Å². The average molecular weight is 282 g/mol. The van der Waals surface area contributed by atoms with Crippen LogP contribution >= 0.6 is 0 Å². The van der Waals surface area contributed by atoms with Gasteiger partial charge in [-0.3, -0.25) is 0 Å². The molecular weight excluding hydrogens is 267 g/mol. The zero-order valence-electron chi connectivity index (χ0n) is 11.4. The van der Waals surface area contributed by atoms with E-state index in [0.29, 0.717) is 18.5 Å². The number of halogens is 1. The lowest BCUT2D eigenvalue weighted by molar-refractivity contribution is 0.289. The Bertz CT molecular complexity index is 688. The molecule has 2 aromatic rings. The summed E-state index contributed by atoms with van der Waals surface area (Å²) in [6.45, 7) is 0. The number of aromatic hydroxyl groups is 1. The van der Waals surface area contributed by atoms with Crippen molar-refractivity contribution in [2.24, 2.45) is 0 Å². The number of nitrogens with zero attached hydrogens (tertiary/aromatic N) is 1. The first-order valence-electron chi connectivity index (χ1n) is 6.85. The van der Waals surface area contributed by atoms with Crippen LogP contribution in [0.2, 0.25) is 0 Å². The Balaban J connectivity index is 1.70. The Hall–Kier alpha value is -2.54. The molecular formula is C17H15FN2O. The highest BCUT2D eigenvalue weighted by Gasteiger charge is 2.46. The van der Waals surface area contributed by atoms with Gasteiger partial charge in [-0.05, 0) is 30.5 Å². The number of hydrogen-bond acceptors (Lipinski definition) is 3. The molecule has 3 rings (SSSR count). The Kier molecular flexibility index (Phi) is 3.26. The highest BCUT2D eigenvalue weighted by Crippen LogP contribution is 2.44. The van der Waals surface area contributed by atoms with Gasteiger partial charge in [-0.15, -0.1) is 0 Å². The first-order valence-corrected chi connectivity index (χ1v) is 6.85. The Morgan fingerprint density at radius 1 is 1.19 bits per heavy atom. The van der Waals surface area contributed by atoms with E-state index >= 15 is 0 Å². The third kappa shape index (κ3) is 2.43. The van der Waals surface area contributed by atoms with Crippen LogP contribution in [0.1, 0.15) is 18.4 Å². The topological polar surface area (TPSA) is 56.0 Å². The molecule has 0 radical (unpaired) electrons. The number of phenols is 1. The number of nitrogens with one attached hydrogen (secondary N) is 1. The zero-order chi connectivity index (χ0) is 14.9. The number of benzene rings is 2. The van der Waals surface area contributed by atoms with Gasteiger partial charge in [0.1, 0.15) is 0 Å². The molecule has 2 aromatic carbocycles. The smallest absolute Gasteiger partial charge is 0.166 e. The molecule has 1 aliphatic carbocycles. The molecule has 1 saturated carbocycles. The summed E-state index contributed by atoms with van der Waals surface area (Å²) >= 11 is 0. The van der Waals surface area contributed by atoms with E-state index in [-0.39, 0.29) is 11.8 Å². The minimum atomic E-state index is -0.645. The lowest BCUT2D eigenvalue weighted by Crippen LogP contribution is -2.47. The van der Waals surface area contributed by atoms with Crippen LogP contribution in [0.3, 0.4) is 0 Å². The Labute approximate surface area is 122 Å². The Morgan fingerprint density at radius 2 is 1.90 bits per heavy atom. The minimum Gasteiger partial charge on any atom is -0.505 e. The van der Waals surface area contributed by atoms with Crippen molar-refractivity contribution < 1.29 is 9.50 Å². The van der Waals surface area contributed by atoms with Crippen molar-refractivity contribution in [3.05, 3.63) is 59.9 Å². The fraction of sp³-hybridized carbons (Fsp3) is 0.235. The molecule has 0 atom stereocenters. The summed E-state index contributed by atoms with van der Waals surface area (Å²) in [7, 11) is 0. The second kappa shape index (κ2) is 5.10. The van der Waals surface area contributed by atoms with Crippen LogP contribution in [0.5, 0.6) is 5.75 Å². The minimum absolute atomic E-state index is 0.133. The van der Waals surface area contributed by atoms with Crippen molar-refractivity contribution in [1.82, 2.24) is 0 Å². The van der Waals surface area contributed by atoms with E-state index in [2.05, 4.69) is 11.4 Å². The largest absolute Gasteiger partial charge is 0.505 e. The first kappa shape index (κ1) is 13.4. The first-order chi connectivity index (χ1) is 10.1. The summed E-state index contributed by atoms with van der Waals surface area (Å²) in [5, 5.41) is 21.9. The van der Waals surface area contributed by atoms with Crippen LogP contribution in [0.25, 0.3) is 0 Å². The molecule has 0 bridgehead atoms. The SMILES string of the molecule is N#CC1(c2ccccc2)CC(Nc2ccc(O)c(F)c2)C1. The second-order valence-corrected chi connectivity index (χ2v) is 5.48. The van der Waals surface area contributed by atoms with Crippen molar-refractivity contribution in [2.75, 3.05) is 5.32 Å². The van der Waals surface area contributed by atoms with Crippen LogP contribution in [0.4, 0.5) is 10.1 Å². The number of rotatable bonds is 3. The van der Waals surface area contributed by atoms with Crippen molar-refractivity contribution in [3.8, 4) is 11.8 Å². The Morgan fingerprint density at radius 3 is 2.52 bits per heavy atom. The average Bonchev–Trinajstić information content (AvgIpc) is 2.47. The molecule has 21 heavy (non-hydrogen) atoms. The molecule has 0 aromatic heterocycles. The summed E-state index contributed by atoms with van der Waals surface area (Å²) in [6, 6.07) is 16.5. The molecule has 4 heteroatoms. The van der Waals surface area contributed by atoms with E-state index in [0.717, 1.165) is 5.56 Å². The maximum atomic E-state index is 13.3. The van der Waals surface area contributed by atoms with Crippen LogP contribution in [0, 0.1) is 17.1 Å². The van der Waals surface area contributed by atoms with Gasteiger partial charge in [0, 0.05) is 17.8 Å². The van der Waals surface area contributed by atoms with E-state index in [4.69, 9.17) is 0 Å². The zero-order valence-corrected chi connectivity index (χ0v) is 11.4. The van der Waals surface area contributed by atoms with Crippen LogP contribution in [-0.2, 0) is 5.41 Å². The van der Waals surface area contributed by atoms with Gasteiger partial charge in [0.15, 0.2) is 11.6 Å². The molecule has 1 aliphatic rings. The molecule has 3 nitrogen and oxygen atoms in total. The lowest BCUT2D eigenvalue weighted by Gasteiger charge is -2.43. The number of hydrogen-bond donors (Lipinski definition) is 2. The van der Waals surface area contributed by atoms with Crippen molar-refractivity contribution in [1.29, 1.82) is 5.26 Å². The highest BCUT2D eigenvalue weighted by molar-refractivity contribution is 5.50. The van der Waals surface area contributed by atoms with Crippen LogP contribution in [0.15, 0.2) is 48.5 Å². The maximum absolute atomic E-state index is 13.3. The molecule has 106 valence electrons. The van der Waals surface area contributed by atoms with E-state index < -0.39 is 11.2 Å². The summed E-state index contributed by atoms with van der Waals surface area (Å²) < 4.78 is 13.3. The molecule has 0 aliphatic heterocycles. The molecule has 1 fully saturated rings. The molecule has 0 heterocycles. The fourth-order valence-electron chi connectivity index (χ4n) is 2.86. The third-order valence-corrected chi connectivity index (χ3v) is 4.05. The number of nitriles is 1. The predicted molar refractivity (Wildman–Crippen MR) is 78.4 cm³/mol. The van der Waals surface area contributed by atoms with E-state index in [1.54, 1.807) is 6.07 Å². The normalized spacial score (nSPS) is 23.9. The van der Waals surface area contributed by atoms with Gasteiger partial charge in [-0.1, -0.05) is 30.3 Å². The molecule has 0 amide bonds. The molecule has 0 saturated heterocycles. The van der Waals surface area contributed by atoms with Gasteiger partial charge in [-0.25, -0.2) is 4.39 Å². The second-order valence-electron chi connectivity index (χ2n) is 5.48. The molecule has 0 unspecified atom stereocenters. The van der Waals surface area contributed by atoms with Gasteiger partial charge in [0.25, 0.3) is 0 Å². The van der Waals surface area contributed by atoms with E-state index in [1.165, 1.54) is 12.1 Å². The number of phenolic OH excluding ortho intramolecular Hbond substituents is 1. The third-order valence-electron chi connectivity index (χ3n) is 4.05. The van der Waals surface area contributed by atoms with Crippen molar-refractivity contribution >= 4 is 5.69 Å². The van der Waals surface area contributed by atoms with Gasteiger partial charge in [0.2, 0.25) is 0 Å². The standard InChI is InChI=1S/C17H15FN2O/c18-15-8-13(6-7-16(15)21)20-14-9-17(10-14,11-19)12-4-2-1-3-5-12/h1-8,14,20-21H,9-10H2. The quantitative estimate of drug-likeness (QED) is 0.846. The van der Waals surface area contributed by atoms with Crippen molar-refractivity contribution in [3.63, 3.8) is 0 Å². The van der Waals surface area contributed by atoms with Crippen LogP contribution < -0.4 is 5.32 Å². The summed E-state index contributed by atoms with van der Waals surface area (Å²) in [4.78, 5) is 0. The number of anilines is 1.